The Hall–Kier alpha value is -1.17. The number of allylic oxidation sites excluding steroid dienone is 4. The molecular formula is C41H79NO4. The number of rotatable bonds is 36. The van der Waals surface area contributed by atoms with Crippen LogP contribution in [-0.4, -0.2) is 46.1 Å². The van der Waals surface area contributed by atoms with Crippen molar-refractivity contribution in [1.82, 2.24) is 5.32 Å². The molecule has 0 spiro atoms. The van der Waals surface area contributed by atoms with Gasteiger partial charge >= 0.3 is 0 Å². The number of nitrogens with one attached hydrogen (secondary N) is 1. The standard InChI is InChI=1S/C41H79NO4/c1-3-5-7-9-11-13-15-17-19-20-21-22-24-25-27-29-31-33-35-39(44)38(37-43)42-41(46)40(45)36-34-32-30-28-26-23-18-16-14-12-10-8-6-4-2/h12,14,16,18,38-40,43-45H,3-11,13,15,17,19-37H2,1-2H3,(H,42,46)/b14-12-,18-16-. The number of amides is 1. The maximum absolute atomic E-state index is 12.4. The van der Waals surface area contributed by atoms with Crippen molar-refractivity contribution in [3.8, 4) is 0 Å². The first-order valence-corrected chi connectivity index (χ1v) is 20.2. The van der Waals surface area contributed by atoms with E-state index in [1.165, 1.54) is 135 Å². The van der Waals surface area contributed by atoms with Crippen LogP contribution in [0.2, 0.25) is 0 Å². The van der Waals surface area contributed by atoms with Gasteiger partial charge in [-0.3, -0.25) is 4.79 Å². The fraction of sp³-hybridized carbons (Fsp3) is 0.878. The number of hydrogen-bond donors (Lipinski definition) is 4. The molecule has 3 unspecified atom stereocenters. The van der Waals surface area contributed by atoms with E-state index in [1.54, 1.807) is 0 Å². The molecular weight excluding hydrogens is 570 g/mol. The molecule has 0 radical (unpaired) electrons. The van der Waals surface area contributed by atoms with Gasteiger partial charge in [-0.15, -0.1) is 0 Å². The highest BCUT2D eigenvalue weighted by Crippen LogP contribution is 2.16. The Morgan fingerprint density at radius 2 is 0.870 bits per heavy atom. The van der Waals surface area contributed by atoms with Gasteiger partial charge in [0.2, 0.25) is 5.91 Å². The molecule has 0 saturated carbocycles. The van der Waals surface area contributed by atoms with Gasteiger partial charge in [0.25, 0.3) is 0 Å². The average Bonchev–Trinajstić information content (AvgIpc) is 3.06. The summed E-state index contributed by atoms with van der Waals surface area (Å²) in [6.07, 6.45) is 43.1. The van der Waals surface area contributed by atoms with Crippen LogP contribution in [0.15, 0.2) is 24.3 Å². The van der Waals surface area contributed by atoms with E-state index in [-0.39, 0.29) is 6.61 Å². The summed E-state index contributed by atoms with van der Waals surface area (Å²) in [6, 6.07) is -0.716. The third-order valence-corrected chi connectivity index (χ3v) is 9.35. The minimum atomic E-state index is -1.08. The van der Waals surface area contributed by atoms with E-state index >= 15 is 0 Å². The molecule has 0 aliphatic rings. The van der Waals surface area contributed by atoms with Gasteiger partial charge in [-0.05, 0) is 38.5 Å². The third kappa shape index (κ3) is 31.4. The number of aliphatic hydroxyl groups is 3. The topological polar surface area (TPSA) is 89.8 Å². The lowest BCUT2D eigenvalue weighted by Gasteiger charge is -2.23. The first-order valence-electron chi connectivity index (χ1n) is 20.2. The molecule has 0 bridgehead atoms. The Labute approximate surface area is 286 Å². The molecule has 3 atom stereocenters. The lowest BCUT2D eigenvalue weighted by atomic mass is 10.0. The maximum atomic E-state index is 12.4. The second kappa shape index (κ2) is 36.7. The second-order valence-electron chi connectivity index (χ2n) is 13.9. The van der Waals surface area contributed by atoms with E-state index in [1.807, 2.05) is 0 Å². The van der Waals surface area contributed by atoms with Crippen molar-refractivity contribution >= 4 is 5.91 Å². The number of carbonyl (C=O) groups excluding carboxylic acids is 1. The quantitative estimate of drug-likeness (QED) is 0.0401. The summed E-state index contributed by atoms with van der Waals surface area (Å²) < 4.78 is 0. The van der Waals surface area contributed by atoms with E-state index in [4.69, 9.17) is 0 Å². The van der Waals surface area contributed by atoms with Crippen molar-refractivity contribution in [2.75, 3.05) is 6.61 Å². The predicted molar refractivity (Wildman–Crippen MR) is 199 cm³/mol. The van der Waals surface area contributed by atoms with Crippen molar-refractivity contribution < 1.29 is 20.1 Å². The van der Waals surface area contributed by atoms with Crippen molar-refractivity contribution in [3.05, 3.63) is 24.3 Å². The third-order valence-electron chi connectivity index (χ3n) is 9.35. The highest BCUT2D eigenvalue weighted by Gasteiger charge is 2.23. The van der Waals surface area contributed by atoms with Crippen LogP contribution in [0.25, 0.3) is 0 Å². The van der Waals surface area contributed by atoms with E-state index in [2.05, 4.69) is 43.5 Å². The first-order chi connectivity index (χ1) is 22.6. The SMILES string of the molecule is CCCCC/C=C\C=C/CCCCCCCC(O)C(=O)NC(CO)C(O)CCCCCCCCCCCCCCCCCCCC. The number of hydrogen-bond acceptors (Lipinski definition) is 4. The smallest absolute Gasteiger partial charge is 0.249 e. The van der Waals surface area contributed by atoms with Crippen LogP contribution in [-0.2, 0) is 4.79 Å². The van der Waals surface area contributed by atoms with Gasteiger partial charge in [-0.25, -0.2) is 0 Å². The van der Waals surface area contributed by atoms with Gasteiger partial charge in [0.1, 0.15) is 6.10 Å². The maximum Gasteiger partial charge on any atom is 0.249 e. The second-order valence-corrected chi connectivity index (χ2v) is 13.9. The van der Waals surface area contributed by atoms with Crippen molar-refractivity contribution in [2.24, 2.45) is 0 Å². The minimum absolute atomic E-state index is 0.318. The van der Waals surface area contributed by atoms with Crippen LogP contribution >= 0.6 is 0 Å². The van der Waals surface area contributed by atoms with E-state index in [0.717, 1.165) is 44.9 Å². The lowest BCUT2D eigenvalue weighted by molar-refractivity contribution is -0.131. The molecule has 0 fully saturated rings. The Kier molecular flexibility index (Phi) is 35.7. The van der Waals surface area contributed by atoms with E-state index in [0.29, 0.717) is 12.8 Å². The molecule has 0 saturated heterocycles. The average molecular weight is 650 g/mol. The molecule has 0 rings (SSSR count). The highest BCUT2D eigenvalue weighted by molar-refractivity contribution is 5.80. The van der Waals surface area contributed by atoms with E-state index in [9.17, 15) is 20.1 Å². The normalized spacial score (nSPS) is 13.9. The lowest BCUT2D eigenvalue weighted by Crippen LogP contribution is -2.49. The van der Waals surface area contributed by atoms with Gasteiger partial charge in [-0.1, -0.05) is 192 Å². The van der Waals surface area contributed by atoms with Gasteiger partial charge in [0.05, 0.1) is 18.8 Å². The summed E-state index contributed by atoms with van der Waals surface area (Å²) in [5, 5.41) is 33.2. The zero-order chi connectivity index (χ0) is 33.8. The molecule has 5 nitrogen and oxygen atoms in total. The number of aliphatic hydroxyl groups excluding tert-OH is 3. The molecule has 46 heavy (non-hydrogen) atoms. The Morgan fingerprint density at radius 1 is 0.522 bits per heavy atom. The van der Waals surface area contributed by atoms with Crippen LogP contribution in [0, 0.1) is 0 Å². The predicted octanol–water partition coefficient (Wildman–Crippen LogP) is 11.0. The molecule has 0 aliphatic heterocycles. The van der Waals surface area contributed by atoms with Gasteiger partial charge in [0, 0.05) is 0 Å². The number of carbonyl (C=O) groups is 1. The van der Waals surface area contributed by atoms with Crippen LogP contribution in [0.4, 0.5) is 0 Å². The highest BCUT2D eigenvalue weighted by atomic mass is 16.3. The molecule has 272 valence electrons. The Bertz CT molecular complexity index is 679. The fourth-order valence-electron chi connectivity index (χ4n) is 6.12. The number of unbranched alkanes of at least 4 members (excludes halogenated alkanes) is 25. The van der Waals surface area contributed by atoms with Gasteiger partial charge < -0.3 is 20.6 Å². The summed E-state index contributed by atoms with van der Waals surface area (Å²) in [4.78, 5) is 12.4. The fourth-order valence-corrected chi connectivity index (χ4v) is 6.12. The molecule has 5 heteroatoms. The zero-order valence-corrected chi connectivity index (χ0v) is 30.7. The zero-order valence-electron chi connectivity index (χ0n) is 30.7. The first kappa shape index (κ1) is 44.8. The molecule has 1 amide bonds. The minimum Gasteiger partial charge on any atom is -0.394 e. The summed E-state index contributed by atoms with van der Waals surface area (Å²) in [6.45, 7) is 4.19. The van der Waals surface area contributed by atoms with Crippen molar-refractivity contribution in [3.63, 3.8) is 0 Å². The molecule has 4 N–H and O–H groups in total. The van der Waals surface area contributed by atoms with Crippen LogP contribution in [0.1, 0.15) is 206 Å². The summed E-state index contributed by atoms with van der Waals surface area (Å²) >= 11 is 0. The van der Waals surface area contributed by atoms with E-state index < -0.39 is 24.2 Å². The monoisotopic (exact) mass is 650 g/mol. The molecule has 0 aliphatic carbocycles. The van der Waals surface area contributed by atoms with Crippen LogP contribution < -0.4 is 5.32 Å². The summed E-state index contributed by atoms with van der Waals surface area (Å²) in [5.41, 5.74) is 0. The largest absolute Gasteiger partial charge is 0.394 e. The summed E-state index contributed by atoms with van der Waals surface area (Å²) in [7, 11) is 0. The summed E-state index contributed by atoms with van der Waals surface area (Å²) in [5.74, 6) is -0.483. The molecule has 0 aromatic carbocycles. The molecule has 0 aromatic rings. The molecule has 0 aromatic heterocycles. The van der Waals surface area contributed by atoms with Crippen LogP contribution in [0.3, 0.4) is 0 Å². The Balaban J connectivity index is 3.67. The van der Waals surface area contributed by atoms with Gasteiger partial charge in [0.15, 0.2) is 0 Å². The van der Waals surface area contributed by atoms with Crippen molar-refractivity contribution in [1.29, 1.82) is 0 Å². The van der Waals surface area contributed by atoms with Gasteiger partial charge in [-0.2, -0.15) is 0 Å². The Morgan fingerprint density at radius 3 is 1.30 bits per heavy atom. The molecule has 0 heterocycles. The van der Waals surface area contributed by atoms with Crippen LogP contribution in [0.5, 0.6) is 0 Å². The van der Waals surface area contributed by atoms with Crippen molar-refractivity contribution in [2.45, 2.75) is 225 Å².